The maximum atomic E-state index is 12.4. The molecule has 0 spiro atoms. The Kier molecular flexibility index (Phi) is 5.49. The van der Waals surface area contributed by atoms with E-state index in [1.165, 1.54) is 13.1 Å². The van der Waals surface area contributed by atoms with Gasteiger partial charge in [0.2, 0.25) is 11.9 Å². The molecule has 1 saturated heterocycles. The van der Waals surface area contributed by atoms with Gasteiger partial charge in [0.05, 0.1) is 18.4 Å². The summed E-state index contributed by atoms with van der Waals surface area (Å²) in [6.07, 6.45) is 3.45. The molecule has 3 rings (SSSR count). The van der Waals surface area contributed by atoms with Crippen LogP contribution >= 0.6 is 11.3 Å². The van der Waals surface area contributed by atoms with E-state index in [0.29, 0.717) is 11.6 Å². The highest BCUT2D eigenvalue weighted by Gasteiger charge is 2.20. The van der Waals surface area contributed by atoms with Crippen molar-refractivity contribution in [3.8, 4) is 0 Å². The van der Waals surface area contributed by atoms with E-state index in [-0.39, 0.29) is 21.8 Å². The second-order valence-corrected chi connectivity index (χ2v) is 9.01. The highest BCUT2D eigenvalue weighted by molar-refractivity contribution is 7.91. The lowest BCUT2D eigenvalue weighted by atomic mass is 10.3. The molecule has 3 heterocycles. The summed E-state index contributed by atoms with van der Waals surface area (Å²) in [5.41, 5.74) is 1.40. The summed E-state index contributed by atoms with van der Waals surface area (Å²) < 4.78 is 27.4. The van der Waals surface area contributed by atoms with Gasteiger partial charge in [-0.1, -0.05) is 11.3 Å². The summed E-state index contributed by atoms with van der Waals surface area (Å²) in [4.78, 5) is 25.9. The number of carbonyl (C=O) groups is 1. The first-order valence-corrected chi connectivity index (χ1v) is 10.5. The topological polar surface area (TPSA) is 117 Å². The summed E-state index contributed by atoms with van der Waals surface area (Å²) in [6, 6.07) is 1.76. The van der Waals surface area contributed by atoms with Gasteiger partial charge >= 0.3 is 0 Å². The highest BCUT2D eigenvalue weighted by Crippen LogP contribution is 2.23. The average Bonchev–Trinajstić information content (AvgIpc) is 3.24. The third-order valence-electron chi connectivity index (χ3n) is 3.76. The number of carbonyl (C=O) groups excluding carboxylic acids is 1. The van der Waals surface area contributed by atoms with E-state index >= 15 is 0 Å². The number of hydrogen-bond acceptors (Lipinski definition) is 8. The summed E-state index contributed by atoms with van der Waals surface area (Å²) >= 11 is 0.895. The number of nitrogens with one attached hydrogen (secondary N) is 2. The number of aromatic nitrogens is 3. The molecule has 2 N–H and O–H groups in total. The minimum absolute atomic E-state index is 0.0341. The maximum Gasteiger partial charge on any atom is 0.252 e. The number of amides is 1. The standard InChI is InChI=1S/C15H20N6O3S2/c1-10-7-12(20-14(18-10)21-5-3-4-6-21)8-17-26(23,24)13-9-16-15(25-13)19-11(2)22/h7,9,17H,3-6,8H2,1-2H3,(H,16,19,22). The summed E-state index contributed by atoms with van der Waals surface area (Å²) in [5, 5.41) is 2.71. The molecule has 0 aliphatic carbocycles. The zero-order chi connectivity index (χ0) is 18.7. The van der Waals surface area contributed by atoms with E-state index in [1.807, 2.05) is 6.92 Å². The Morgan fingerprint density at radius 3 is 2.73 bits per heavy atom. The van der Waals surface area contributed by atoms with Crippen LogP contribution in [0.15, 0.2) is 16.5 Å². The van der Waals surface area contributed by atoms with E-state index in [1.54, 1.807) is 6.07 Å². The highest BCUT2D eigenvalue weighted by atomic mass is 32.2. The predicted octanol–water partition coefficient (Wildman–Crippen LogP) is 1.28. The van der Waals surface area contributed by atoms with Crippen molar-refractivity contribution in [3.05, 3.63) is 23.7 Å². The van der Waals surface area contributed by atoms with Gasteiger partial charge in [0.25, 0.3) is 10.0 Å². The zero-order valence-corrected chi connectivity index (χ0v) is 16.2. The molecule has 0 bridgehead atoms. The third-order valence-corrected chi connectivity index (χ3v) is 6.54. The Morgan fingerprint density at radius 2 is 2.04 bits per heavy atom. The molecule has 9 nitrogen and oxygen atoms in total. The lowest BCUT2D eigenvalue weighted by molar-refractivity contribution is -0.114. The SMILES string of the molecule is CC(=O)Nc1ncc(S(=O)(=O)NCc2cc(C)nc(N3CCCC3)n2)s1. The Labute approximate surface area is 155 Å². The van der Waals surface area contributed by atoms with E-state index in [2.05, 4.69) is 29.9 Å². The molecule has 0 unspecified atom stereocenters. The molecule has 140 valence electrons. The maximum absolute atomic E-state index is 12.4. The molecule has 0 radical (unpaired) electrons. The zero-order valence-electron chi connectivity index (χ0n) is 14.5. The number of hydrogen-bond donors (Lipinski definition) is 2. The van der Waals surface area contributed by atoms with E-state index in [9.17, 15) is 13.2 Å². The number of thiazole rings is 1. The van der Waals surface area contributed by atoms with Crippen molar-refractivity contribution in [2.75, 3.05) is 23.3 Å². The molecule has 1 aliphatic rings. The molecule has 2 aromatic heterocycles. The molecule has 26 heavy (non-hydrogen) atoms. The van der Waals surface area contributed by atoms with Gasteiger partial charge in [-0.25, -0.2) is 28.1 Å². The van der Waals surface area contributed by atoms with Crippen LogP contribution in [0.4, 0.5) is 11.1 Å². The Hall–Kier alpha value is -2.11. The van der Waals surface area contributed by atoms with Crippen LogP contribution in [0.5, 0.6) is 0 Å². The Morgan fingerprint density at radius 1 is 1.31 bits per heavy atom. The quantitative estimate of drug-likeness (QED) is 0.755. The second-order valence-electron chi connectivity index (χ2n) is 5.99. The second kappa shape index (κ2) is 7.64. The molecular formula is C15H20N6O3S2. The van der Waals surface area contributed by atoms with Crippen molar-refractivity contribution in [1.82, 2.24) is 19.7 Å². The number of rotatable bonds is 6. The molecule has 0 saturated carbocycles. The fourth-order valence-corrected chi connectivity index (χ4v) is 4.72. The van der Waals surface area contributed by atoms with E-state index in [4.69, 9.17) is 0 Å². The van der Waals surface area contributed by atoms with E-state index < -0.39 is 10.0 Å². The van der Waals surface area contributed by atoms with Gasteiger partial charge in [0.15, 0.2) is 9.34 Å². The minimum Gasteiger partial charge on any atom is -0.341 e. The van der Waals surface area contributed by atoms with Gasteiger partial charge in [-0.3, -0.25) is 4.79 Å². The number of aryl methyl sites for hydroxylation is 1. The molecule has 0 aromatic carbocycles. The molecular weight excluding hydrogens is 376 g/mol. The number of sulfonamides is 1. The normalized spacial score (nSPS) is 14.6. The third kappa shape index (κ3) is 4.54. The monoisotopic (exact) mass is 396 g/mol. The van der Waals surface area contributed by atoms with Gasteiger partial charge in [-0.15, -0.1) is 0 Å². The Balaban J connectivity index is 1.71. The van der Waals surface area contributed by atoms with Crippen LogP contribution in [-0.2, 0) is 21.4 Å². The van der Waals surface area contributed by atoms with Crippen LogP contribution in [0.3, 0.4) is 0 Å². The van der Waals surface area contributed by atoms with Crippen LogP contribution in [0.25, 0.3) is 0 Å². The summed E-state index contributed by atoms with van der Waals surface area (Å²) in [7, 11) is -3.74. The summed E-state index contributed by atoms with van der Waals surface area (Å²) in [6.45, 7) is 5.09. The lowest BCUT2D eigenvalue weighted by Gasteiger charge is -2.16. The first kappa shape index (κ1) is 18.7. The molecule has 1 amide bonds. The lowest BCUT2D eigenvalue weighted by Crippen LogP contribution is -2.25. The van der Waals surface area contributed by atoms with Crippen molar-refractivity contribution in [1.29, 1.82) is 0 Å². The van der Waals surface area contributed by atoms with Crippen LogP contribution in [0.2, 0.25) is 0 Å². The van der Waals surface area contributed by atoms with Crippen molar-refractivity contribution < 1.29 is 13.2 Å². The number of nitrogens with zero attached hydrogens (tertiary/aromatic N) is 4. The van der Waals surface area contributed by atoms with Crippen LogP contribution in [0.1, 0.15) is 31.2 Å². The van der Waals surface area contributed by atoms with Crippen LogP contribution in [-0.4, -0.2) is 42.4 Å². The number of anilines is 2. The Bertz CT molecular complexity index is 906. The van der Waals surface area contributed by atoms with Crippen LogP contribution < -0.4 is 14.9 Å². The van der Waals surface area contributed by atoms with Crippen molar-refractivity contribution in [2.24, 2.45) is 0 Å². The van der Waals surface area contributed by atoms with Gasteiger partial charge in [0, 0.05) is 25.7 Å². The smallest absolute Gasteiger partial charge is 0.252 e. The van der Waals surface area contributed by atoms with Crippen LogP contribution in [0, 0.1) is 6.92 Å². The molecule has 1 fully saturated rings. The molecule has 11 heteroatoms. The molecule has 2 aromatic rings. The predicted molar refractivity (Wildman–Crippen MR) is 98.7 cm³/mol. The molecule has 1 aliphatic heterocycles. The van der Waals surface area contributed by atoms with E-state index in [0.717, 1.165) is 43.0 Å². The largest absolute Gasteiger partial charge is 0.341 e. The van der Waals surface area contributed by atoms with Crippen molar-refractivity contribution >= 4 is 38.3 Å². The average molecular weight is 396 g/mol. The van der Waals surface area contributed by atoms with Gasteiger partial charge in [-0.2, -0.15) is 0 Å². The summed E-state index contributed by atoms with van der Waals surface area (Å²) in [5.74, 6) is 0.338. The molecule has 0 atom stereocenters. The van der Waals surface area contributed by atoms with Gasteiger partial charge in [-0.05, 0) is 25.8 Å². The first-order chi connectivity index (χ1) is 12.3. The van der Waals surface area contributed by atoms with Gasteiger partial charge in [0.1, 0.15) is 0 Å². The van der Waals surface area contributed by atoms with Crippen molar-refractivity contribution in [2.45, 2.75) is 37.4 Å². The fourth-order valence-electron chi connectivity index (χ4n) is 2.60. The minimum atomic E-state index is -3.74. The first-order valence-electron chi connectivity index (χ1n) is 8.16. The fraction of sp³-hybridized carbons (Fsp3) is 0.467. The van der Waals surface area contributed by atoms with Gasteiger partial charge < -0.3 is 10.2 Å². The van der Waals surface area contributed by atoms with Crippen molar-refractivity contribution in [3.63, 3.8) is 0 Å².